The molecule has 4 heterocycles. The van der Waals surface area contributed by atoms with E-state index in [0.29, 0.717) is 5.82 Å². The standard InChI is InChI=1S/C46H28N4O/c1-4-14-29(15-5-1)36-28-41(48-46(47-36)30-16-6-2-7-17-30)50-39-26-24-33-32-20-11-13-23-40(32)51-45(33)43(39)35-25-27-38-42(44(35)50)34-21-10-12-22-37(34)49(38)31-18-8-3-9-19-31/h1-28H. The lowest BCUT2D eigenvalue weighted by Gasteiger charge is -2.13. The third kappa shape index (κ3) is 4.09. The molecule has 0 amide bonds. The predicted molar refractivity (Wildman–Crippen MR) is 209 cm³/mol. The Morgan fingerprint density at radius 1 is 0.431 bits per heavy atom. The van der Waals surface area contributed by atoms with E-state index < -0.39 is 0 Å². The largest absolute Gasteiger partial charge is 0.455 e. The Morgan fingerprint density at radius 3 is 1.84 bits per heavy atom. The highest BCUT2D eigenvalue weighted by Crippen LogP contribution is 2.45. The molecule has 238 valence electrons. The molecule has 11 aromatic rings. The zero-order chi connectivity index (χ0) is 33.5. The number of aromatic nitrogens is 4. The predicted octanol–water partition coefficient (Wildman–Crippen LogP) is 11.9. The maximum Gasteiger partial charge on any atom is 0.162 e. The second-order valence-electron chi connectivity index (χ2n) is 13.0. The van der Waals surface area contributed by atoms with Gasteiger partial charge in [0.25, 0.3) is 0 Å². The average Bonchev–Trinajstić information content (AvgIpc) is 3.86. The summed E-state index contributed by atoms with van der Waals surface area (Å²) >= 11 is 0. The van der Waals surface area contributed by atoms with Crippen molar-refractivity contribution < 1.29 is 4.42 Å². The van der Waals surface area contributed by atoms with Crippen molar-refractivity contribution in [2.75, 3.05) is 0 Å². The Labute approximate surface area is 292 Å². The van der Waals surface area contributed by atoms with Crippen molar-refractivity contribution in [3.63, 3.8) is 0 Å². The molecule has 0 aliphatic heterocycles. The summed E-state index contributed by atoms with van der Waals surface area (Å²) in [7, 11) is 0. The van der Waals surface area contributed by atoms with Crippen LogP contribution in [-0.4, -0.2) is 19.1 Å². The van der Waals surface area contributed by atoms with Crippen LogP contribution in [0.4, 0.5) is 0 Å². The van der Waals surface area contributed by atoms with Gasteiger partial charge >= 0.3 is 0 Å². The molecule has 0 fully saturated rings. The van der Waals surface area contributed by atoms with E-state index in [1.54, 1.807) is 0 Å². The monoisotopic (exact) mass is 652 g/mol. The lowest BCUT2D eigenvalue weighted by Crippen LogP contribution is -2.02. The summed E-state index contributed by atoms with van der Waals surface area (Å²) in [5.41, 5.74) is 10.1. The molecule has 4 aromatic heterocycles. The molecule has 0 aliphatic carbocycles. The quantitative estimate of drug-likeness (QED) is 0.190. The summed E-state index contributed by atoms with van der Waals surface area (Å²) in [6.07, 6.45) is 0. The molecule has 0 bridgehead atoms. The topological polar surface area (TPSA) is 48.8 Å². The maximum absolute atomic E-state index is 6.73. The summed E-state index contributed by atoms with van der Waals surface area (Å²) < 4.78 is 11.4. The van der Waals surface area contributed by atoms with E-state index in [1.807, 2.05) is 30.3 Å². The molecule has 7 aromatic carbocycles. The number of furan rings is 1. The fourth-order valence-corrected chi connectivity index (χ4v) is 7.94. The van der Waals surface area contributed by atoms with Gasteiger partial charge in [0.05, 0.1) is 33.1 Å². The van der Waals surface area contributed by atoms with Gasteiger partial charge in [0.1, 0.15) is 17.0 Å². The first-order valence-electron chi connectivity index (χ1n) is 17.2. The molecule has 0 N–H and O–H groups in total. The van der Waals surface area contributed by atoms with Gasteiger partial charge in [0.2, 0.25) is 0 Å². The minimum atomic E-state index is 0.672. The van der Waals surface area contributed by atoms with Crippen molar-refractivity contribution in [1.29, 1.82) is 0 Å². The van der Waals surface area contributed by atoms with Gasteiger partial charge in [-0.1, -0.05) is 115 Å². The number of benzene rings is 7. The zero-order valence-electron chi connectivity index (χ0n) is 27.4. The van der Waals surface area contributed by atoms with Gasteiger partial charge in [0, 0.05) is 49.8 Å². The first kappa shape index (κ1) is 27.9. The third-order valence-corrected chi connectivity index (χ3v) is 10.1. The van der Waals surface area contributed by atoms with Gasteiger partial charge in [0.15, 0.2) is 5.82 Å². The van der Waals surface area contributed by atoms with Crippen molar-refractivity contribution >= 4 is 65.6 Å². The summed E-state index contributed by atoms with van der Waals surface area (Å²) in [5, 5.41) is 6.72. The van der Waals surface area contributed by atoms with E-state index in [9.17, 15) is 0 Å². The first-order chi connectivity index (χ1) is 25.3. The Kier molecular flexibility index (Phi) is 5.89. The summed E-state index contributed by atoms with van der Waals surface area (Å²) in [5.74, 6) is 1.47. The van der Waals surface area contributed by atoms with Crippen LogP contribution in [0.5, 0.6) is 0 Å². The van der Waals surface area contributed by atoms with Crippen LogP contribution in [0.3, 0.4) is 0 Å². The van der Waals surface area contributed by atoms with Crippen LogP contribution in [0, 0.1) is 0 Å². The Hall–Kier alpha value is -6.98. The molecule has 5 heteroatoms. The molecule has 11 rings (SSSR count). The second-order valence-corrected chi connectivity index (χ2v) is 13.0. The van der Waals surface area contributed by atoms with E-state index >= 15 is 0 Å². The van der Waals surface area contributed by atoms with Crippen LogP contribution in [0.15, 0.2) is 174 Å². The average molecular weight is 653 g/mol. The van der Waals surface area contributed by atoms with Crippen LogP contribution in [-0.2, 0) is 0 Å². The highest BCUT2D eigenvalue weighted by Gasteiger charge is 2.25. The van der Waals surface area contributed by atoms with E-state index in [4.69, 9.17) is 14.4 Å². The molecule has 0 atom stereocenters. The number of hydrogen-bond acceptors (Lipinski definition) is 3. The summed E-state index contributed by atoms with van der Waals surface area (Å²) in [4.78, 5) is 10.5. The minimum Gasteiger partial charge on any atom is -0.455 e. The van der Waals surface area contributed by atoms with Gasteiger partial charge in [-0.05, 0) is 48.5 Å². The van der Waals surface area contributed by atoms with Crippen molar-refractivity contribution in [1.82, 2.24) is 19.1 Å². The molecular weight excluding hydrogens is 625 g/mol. The highest BCUT2D eigenvalue weighted by molar-refractivity contribution is 6.30. The minimum absolute atomic E-state index is 0.672. The van der Waals surface area contributed by atoms with Crippen LogP contribution >= 0.6 is 0 Å². The number of rotatable bonds is 4. The molecule has 0 spiro atoms. The van der Waals surface area contributed by atoms with Crippen molar-refractivity contribution in [3.8, 4) is 34.2 Å². The highest BCUT2D eigenvalue weighted by atomic mass is 16.3. The van der Waals surface area contributed by atoms with Crippen molar-refractivity contribution in [2.45, 2.75) is 0 Å². The normalized spacial score (nSPS) is 11.9. The van der Waals surface area contributed by atoms with Crippen LogP contribution in [0.25, 0.3) is 99.7 Å². The van der Waals surface area contributed by atoms with Crippen LogP contribution < -0.4 is 0 Å². The fourth-order valence-electron chi connectivity index (χ4n) is 7.94. The molecule has 51 heavy (non-hydrogen) atoms. The van der Waals surface area contributed by atoms with Gasteiger partial charge in [-0.2, -0.15) is 0 Å². The SMILES string of the molecule is c1ccc(-c2cc(-n3c4ccc5c6ccccc6oc5c4c4ccc5c(c6ccccc6n5-c5ccccc5)c43)nc(-c3ccccc3)n2)cc1. The van der Waals surface area contributed by atoms with Gasteiger partial charge in [-0.25, -0.2) is 9.97 Å². The number of para-hydroxylation sites is 3. The smallest absolute Gasteiger partial charge is 0.162 e. The lowest BCUT2D eigenvalue weighted by atomic mass is 10.1. The fraction of sp³-hybridized carbons (Fsp3) is 0. The second kappa shape index (κ2) is 10.8. The summed E-state index contributed by atoms with van der Waals surface area (Å²) in [6.45, 7) is 0. The Bertz CT molecular complexity index is 3060. The molecule has 0 radical (unpaired) electrons. The van der Waals surface area contributed by atoms with Crippen molar-refractivity contribution in [3.05, 3.63) is 170 Å². The van der Waals surface area contributed by atoms with E-state index in [2.05, 4.69) is 149 Å². The maximum atomic E-state index is 6.73. The number of hydrogen-bond donors (Lipinski definition) is 0. The van der Waals surface area contributed by atoms with Gasteiger partial charge in [-0.3, -0.25) is 4.57 Å². The van der Waals surface area contributed by atoms with E-state index in [1.165, 1.54) is 5.39 Å². The Balaban J connectivity index is 1.36. The molecule has 0 aliphatic rings. The first-order valence-corrected chi connectivity index (χ1v) is 17.2. The molecule has 0 unspecified atom stereocenters. The zero-order valence-corrected chi connectivity index (χ0v) is 27.4. The lowest BCUT2D eigenvalue weighted by molar-refractivity contribution is 0.673. The number of nitrogens with zero attached hydrogens (tertiary/aromatic N) is 4. The summed E-state index contributed by atoms with van der Waals surface area (Å²) in [6, 6.07) is 59.3. The number of fused-ring (bicyclic) bond motifs is 11. The van der Waals surface area contributed by atoms with Crippen LogP contribution in [0.1, 0.15) is 0 Å². The molecule has 5 nitrogen and oxygen atoms in total. The van der Waals surface area contributed by atoms with E-state index in [0.717, 1.165) is 88.5 Å². The molecule has 0 saturated heterocycles. The van der Waals surface area contributed by atoms with Gasteiger partial charge < -0.3 is 8.98 Å². The van der Waals surface area contributed by atoms with Gasteiger partial charge in [-0.15, -0.1) is 0 Å². The third-order valence-electron chi connectivity index (χ3n) is 10.1. The van der Waals surface area contributed by atoms with Crippen LogP contribution in [0.2, 0.25) is 0 Å². The molecular formula is C46H28N4O. The van der Waals surface area contributed by atoms with Crippen molar-refractivity contribution in [2.24, 2.45) is 0 Å². The Morgan fingerprint density at radius 2 is 1.06 bits per heavy atom. The van der Waals surface area contributed by atoms with E-state index in [-0.39, 0.29) is 0 Å². The molecule has 0 saturated carbocycles.